The van der Waals surface area contributed by atoms with Crippen molar-refractivity contribution < 1.29 is 9.47 Å². The Kier molecular flexibility index (Phi) is 5.08. The van der Waals surface area contributed by atoms with Crippen LogP contribution in [0, 0.1) is 0 Å². The van der Waals surface area contributed by atoms with Gasteiger partial charge in [0.15, 0.2) is 0 Å². The summed E-state index contributed by atoms with van der Waals surface area (Å²) in [6.45, 7) is 1.97. The Labute approximate surface area is 192 Å². The second kappa shape index (κ2) is 7.84. The van der Waals surface area contributed by atoms with Gasteiger partial charge in [0, 0.05) is 42.7 Å². The van der Waals surface area contributed by atoms with E-state index >= 15 is 0 Å². The molecule has 1 spiro atoms. The molecule has 1 aliphatic heterocycles. The molecule has 3 aromatic rings. The first kappa shape index (κ1) is 21.4. The van der Waals surface area contributed by atoms with E-state index < -0.39 is 0 Å². The monoisotopic (exact) mass is 450 g/mol. The lowest BCUT2D eigenvalue weighted by Crippen LogP contribution is -2.34. The molecule has 0 amide bonds. The third-order valence-electron chi connectivity index (χ3n) is 6.57. The number of pyridine rings is 1. The number of hydrogen-bond acceptors (Lipinski definition) is 7. The van der Waals surface area contributed by atoms with Crippen LogP contribution in [0.1, 0.15) is 19.3 Å². The fraction of sp³-hybridized carbons (Fsp3) is 0.417. The van der Waals surface area contributed by atoms with Gasteiger partial charge in [0.2, 0.25) is 5.88 Å². The molecule has 4 N–H and O–H groups in total. The second-order valence-electron chi connectivity index (χ2n) is 9.22. The van der Waals surface area contributed by atoms with Crippen molar-refractivity contribution in [3.63, 3.8) is 0 Å². The van der Waals surface area contributed by atoms with Crippen molar-refractivity contribution in [1.29, 1.82) is 0 Å². The molecule has 0 bridgehead atoms. The SMILES string of the molecule is CN(C)CCCOc1ccc(-c2ccc(N)c3c2OCC2(CC2)n2c-3c(N)n(C)c2=O)cn1. The number of rotatable bonds is 6. The van der Waals surface area contributed by atoms with Crippen molar-refractivity contribution in [2.45, 2.75) is 24.8 Å². The fourth-order valence-electron chi connectivity index (χ4n) is 4.49. The third kappa shape index (κ3) is 3.52. The maximum Gasteiger partial charge on any atom is 0.330 e. The Morgan fingerprint density at radius 3 is 2.67 bits per heavy atom. The summed E-state index contributed by atoms with van der Waals surface area (Å²) in [6.07, 6.45) is 4.44. The van der Waals surface area contributed by atoms with Gasteiger partial charge in [-0.3, -0.25) is 9.13 Å². The predicted molar refractivity (Wildman–Crippen MR) is 129 cm³/mol. The first-order valence-corrected chi connectivity index (χ1v) is 11.2. The highest BCUT2D eigenvalue weighted by atomic mass is 16.5. The van der Waals surface area contributed by atoms with Crippen LogP contribution in [0.4, 0.5) is 11.5 Å². The second-order valence-corrected chi connectivity index (χ2v) is 9.22. The van der Waals surface area contributed by atoms with Crippen LogP contribution in [0.5, 0.6) is 11.6 Å². The minimum Gasteiger partial charge on any atom is -0.490 e. The quantitative estimate of drug-likeness (QED) is 0.437. The average Bonchev–Trinajstić information content (AvgIpc) is 3.57. The minimum absolute atomic E-state index is 0.140. The van der Waals surface area contributed by atoms with E-state index in [-0.39, 0.29) is 11.2 Å². The van der Waals surface area contributed by atoms with Gasteiger partial charge >= 0.3 is 5.69 Å². The summed E-state index contributed by atoms with van der Waals surface area (Å²) in [7, 11) is 5.77. The van der Waals surface area contributed by atoms with Gasteiger partial charge in [0.05, 0.1) is 23.4 Å². The molecule has 9 heteroatoms. The zero-order chi connectivity index (χ0) is 23.3. The minimum atomic E-state index is -0.368. The Hall–Kier alpha value is -3.46. The largest absolute Gasteiger partial charge is 0.490 e. The summed E-state index contributed by atoms with van der Waals surface area (Å²) < 4.78 is 15.4. The van der Waals surface area contributed by atoms with Crippen molar-refractivity contribution in [3.8, 4) is 34.0 Å². The van der Waals surface area contributed by atoms with Gasteiger partial charge in [0.25, 0.3) is 0 Å². The van der Waals surface area contributed by atoms with Crippen LogP contribution < -0.4 is 26.6 Å². The summed E-state index contributed by atoms with van der Waals surface area (Å²) in [5, 5.41) is 0. The van der Waals surface area contributed by atoms with Crippen LogP contribution >= 0.6 is 0 Å². The van der Waals surface area contributed by atoms with Crippen LogP contribution in [0.2, 0.25) is 0 Å². The number of nitrogen functional groups attached to an aromatic ring is 2. The lowest BCUT2D eigenvalue weighted by atomic mass is 9.99. The van der Waals surface area contributed by atoms with Crippen molar-refractivity contribution in [2.75, 3.05) is 45.3 Å². The average molecular weight is 451 g/mol. The molecule has 3 heterocycles. The van der Waals surface area contributed by atoms with Gasteiger partial charge in [-0.05, 0) is 51.6 Å². The van der Waals surface area contributed by atoms with Crippen LogP contribution in [0.25, 0.3) is 22.4 Å². The van der Waals surface area contributed by atoms with Crippen LogP contribution in [0.15, 0.2) is 35.3 Å². The molecule has 9 nitrogen and oxygen atoms in total. The first-order chi connectivity index (χ1) is 15.8. The highest BCUT2D eigenvalue weighted by Crippen LogP contribution is 2.53. The standard InChI is InChI=1S/C24H30N6O3/c1-28(2)11-4-12-32-18-8-5-15(13-27-18)16-6-7-17(25)19-20-22(26)29(3)23(31)30(20)24(9-10-24)14-33-21(16)19/h5-8,13H,4,9-12,14,25-26H2,1-3H3. The molecule has 0 radical (unpaired) electrons. The van der Waals surface area contributed by atoms with Gasteiger partial charge in [-0.1, -0.05) is 0 Å². The molecule has 174 valence electrons. The van der Waals surface area contributed by atoms with Crippen LogP contribution in [-0.2, 0) is 12.6 Å². The molecule has 1 fully saturated rings. The van der Waals surface area contributed by atoms with E-state index in [1.54, 1.807) is 17.8 Å². The number of imidazole rings is 1. The summed E-state index contributed by atoms with van der Waals surface area (Å²) in [6, 6.07) is 7.58. The highest BCUT2D eigenvalue weighted by Gasteiger charge is 2.51. The van der Waals surface area contributed by atoms with Gasteiger partial charge in [-0.25, -0.2) is 9.78 Å². The maximum absolute atomic E-state index is 13.0. The first-order valence-electron chi connectivity index (χ1n) is 11.2. The number of benzene rings is 1. The Bertz CT molecular complexity index is 1250. The Morgan fingerprint density at radius 1 is 1.21 bits per heavy atom. The van der Waals surface area contributed by atoms with Gasteiger partial charge in [-0.15, -0.1) is 0 Å². The molecule has 2 aromatic heterocycles. The van der Waals surface area contributed by atoms with Crippen molar-refractivity contribution >= 4 is 11.5 Å². The third-order valence-corrected chi connectivity index (χ3v) is 6.57. The number of ether oxygens (including phenoxy) is 2. The predicted octanol–water partition coefficient (Wildman–Crippen LogP) is 2.29. The van der Waals surface area contributed by atoms with E-state index in [4.69, 9.17) is 20.9 Å². The lowest BCUT2D eigenvalue weighted by molar-refractivity contribution is 0.241. The van der Waals surface area contributed by atoms with Gasteiger partial charge in [0.1, 0.15) is 18.2 Å². The summed E-state index contributed by atoms with van der Waals surface area (Å²) in [4.78, 5) is 19.6. The molecule has 0 saturated heterocycles. The Balaban J connectivity index is 1.53. The van der Waals surface area contributed by atoms with Crippen molar-refractivity contribution in [3.05, 3.63) is 40.9 Å². The molecule has 33 heavy (non-hydrogen) atoms. The number of fused-ring (bicyclic) bond motifs is 4. The number of nitrogens with zero attached hydrogens (tertiary/aromatic N) is 4. The van der Waals surface area contributed by atoms with Crippen molar-refractivity contribution in [2.24, 2.45) is 7.05 Å². The fourth-order valence-corrected chi connectivity index (χ4v) is 4.49. The normalized spacial score (nSPS) is 15.6. The summed E-state index contributed by atoms with van der Waals surface area (Å²) in [5.74, 6) is 1.60. The lowest BCUT2D eigenvalue weighted by Gasteiger charge is -2.16. The molecular weight excluding hydrogens is 420 g/mol. The van der Waals surface area contributed by atoms with E-state index in [9.17, 15) is 4.79 Å². The van der Waals surface area contributed by atoms with Gasteiger partial charge < -0.3 is 25.8 Å². The van der Waals surface area contributed by atoms with Gasteiger partial charge in [-0.2, -0.15) is 0 Å². The van der Waals surface area contributed by atoms with E-state index in [1.165, 1.54) is 4.57 Å². The van der Waals surface area contributed by atoms with Crippen LogP contribution in [0.3, 0.4) is 0 Å². The zero-order valence-electron chi connectivity index (χ0n) is 19.3. The van der Waals surface area contributed by atoms with Crippen LogP contribution in [-0.4, -0.2) is 52.9 Å². The molecule has 5 rings (SSSR count). The maximum atomic E-state index is 13.0. The topological polar surface area (TPSA) is 114 Å². The summed E-state index contributed by atoms with van der Waals surface area (Å²) in [5.41, 5.74) is 15.9. The highest BCUT2D eigenvalue weighted by molar-refractivity contribution is 5.92. The van der Waals surface area contributed by atoms with E-state index in [0.717, 1.165) is 36.9 Å². The van der Waals surface area contributed by atoms with E-state index in [2.05, 4.69) is 9.88 Å². The van der Waals surface area contributed by atoms with Crippen molar-refractivity contribution in [1.82, 2.24) is 19.0 Å². The smallest absolute Gasteiger partial charge is 0.330 e. The number of hydrogen-bond donors (Lipinski definition) is 2. The molecular formula is C24H30N6O3. The van der Waals surface area contributed by atoms with E-state index in [0.29, 0.717) is 47.6 Å². The molecule has 1 saturated carbocycles. The number of anilines is 2. The number of aromatic nitrogens is 3. The summed E-state index contributed by atoms with van der Waals surface area (Å²) >= 11 is 0. The Morgan fingerprint density at radius 2 is 2.00 bits per heavy atom. The molecule has 2 aliphatic rings. The number of nitrogens with two attached hydrogens (primary N) is 2. The molecule has 0 atom stereocenters. The van der Waals surface area contributed by atoms with E-state index in [1.807, 2.05) is 38.4 Å². The molecule has 1 aromatic carbocycles. The zero-order valence-corrected chi connectivity index (χ0v) is 19.3. The molecule has 1 aliphatic carbocycles. The molecule has 0 unspecified atom stereocenters.